The molecule has 0 aliphatic carbocycles. The predicted octanol–water partition coefficient (Wildman–Crippen LogP) is 3.71. The van der Waals surface area contributed by atoms with E-state index in [1.165, 1.54) is 0 Å². The summed E-state index contributed by atoms with van der Waals surface area (Å²) in [5, 5.41) is 17.4. The van der Waals surface area contributed by atoms with E-state index in [-0.39, 0.29) is 12.4 Å². The van der Waals surface area contributed by atoms with Gasteiger partial charge in [0.25, 0.3) is 0 Å². The molecule has 2 rings (SSSR count). The highest BCUT2D eigenvalue weighted by Crippen LogP contribution is 2.23. The predicted molar refractivity (Wildman–Crippen MR) is 99.8 cm³/mol. The second kappa shape index (κ2) is 8.73. The zero-order valence-electron chi connectivity index (χ0n) is 14.5. The Morgan fingerprint density at radius 1 is 0.920 bits per heavy atom. The molecule has 0 saturated carbocycles. The molecule has 0 saturated heterocycles. The minimum atomic E-state index is -3.20. The minimum absolute atomic E-state index is 0.0747. The van der Waals surface area contributed by atoms with Crippen molar-refractivity contribution in [3.05, 3.63) is 48.5 Å². The quantitative estimate of drug-likeness (QED) is 0.727. The fourth-order valence-corrected chi connectivity index (χ4v) is 3.21. The van der Waals surface area contributed by atoms with Crippen molar-refractivity contribution in [3.63, 3.8) is 0 Å². The molecule has 0 heterocycles. The van der Waals surface area contributed by atoms with Gasteiger partial charge in [-0.25, -0.2) is 8.42 Å². The Hall–Kier alpha value is -2.25. The summed E-state index contributed by atoms with van der Waals surface area (Å²) in [6, 6.07) is 14.0. The normalized spacial score (nSPS) is 11.8. The number of hydrogen-bond acceptors (Lipinski definition) is 6. The van der Waals surface area contributed by atoms with Gasteiger partial charge in [-0.2, -0.15) is 10.2 Å². The number of nitrogens with zero attached hydrogens (tertiary/aromatic N) is 3. The van der Waals surface area contributed by atoms with Crippen LogP contribution in [0, 0.1) is 0 Å². The maximum atomic E-state index is 11.8. The average molecular weight is 361 g/mol. The third-order valence-electron chi connectivity index (χ3n) is 3.82. The number of azo groups is 1. The van der Waals surface area contributed by atoms with Gasteiger partial charge < -0.3 is 10.0 Å². The number of likely N-dealkylation sites (N-methyl/N-ethyl adjacent to an activating group) is 1. The van der Waals surface area contributed by atoms with Gasteiger partial charge in [-0.1, -0.05) is 6.92 Å². The van der Waals surface area contributed by atoms with Crippen LogP contribution in [0.4, 0.5) is 17.1 Å². The Labute approximate surface area is 148 Å². The molecule has 6 nitrogen and oxygen atoms in total. The molecule has 7 heteroatoms. The van der Waals surface area contributed by atoms with Gasteiger partial charge >= 0.3 is 0 Å². The standard InChI is InChI=1S/C18H23N3O3S/c1-3-21(13-14-22)17-9-5-15(6-10-17)19-20-16-7-11-18(12-8-16)25(23,24)4-2/h5-12,22H,3-4,13-14H2,1-2H3. The van der Waals surface area contributed by atoms with Gasteiger partial charge in [-0.3, -0.25) is 0 Å². The van der Waals surface area contributed by atoms with Gasteiger partial charge in [-0.05, 0) is 55.5 Å². The topological polar surface area (TPSA) is 82.3 Å². The van der Waals surface area contributed by atoms with Crippen molar-refractivity contribution in [1.82, 2.24) is 0 Å². The number of hydrogen-bond donors (Lipinski definition) is 1. The summed E-state index contributed by atoms with van der Waals surface area (Å²) in [7, 11) is -3.20. The van der Waals surface area contributed by atoms with Crippen LogP contribution < -0.4 is 4.90 Å². The van der Waals surface area contributed by atoms with E-state index in [9.17, 15) is 8.42 Å². The largest absolute Gasteiger partial charge is 0.395 e. The Morgan fingerprint density at radius 2 is 1.44 bits per heavy atom. The van der Waals surface area contributed by atoms with Gasteiger partial charge in [0.05, 0.1) is 28.6 Å². The maximum absolute atomic E-state index is 11.8. The second-order valence-corrected chi connectivity index (χ2v) is 7.70. The van der Waals surface area contributed by atoms with Crippen LogP contribution in [0.3, 0.4) is 0 Å². The van der Waals surface area contributed by atoms with Crippen molar-refractivity contribution in [3.8, 4) is 0 Å². The van der Waals surface area contributed by atoms with Crippen molar-refractivity contribution in [1.29, 1.82) is 0 Å². The molecular weight excluding hydrogens is 338 g/mol. The molecule has 0 amide bonds. The first-order valence-electron chi connectivity index (χ1n) is 8.20. The van der Waals surface area contributed by atoms with Gasteiger partial charge in [0, 0.05) is 18.8 Å². The van der Waals surface area contributed by atoms with E-state index in [1.54, 1.807) is 31.2 Å². The van der Waals surface area contributed by atoms with E-state index in [1.807, 2.05) is 31.2 Å². The van der Waals surface area contributed by atoms with Crippen LogP contribution in [0.15, 0.2) is 63.7 Å². The fraction of sp³-hybridized carbons (Fsp3) is 0.333. The Balaban J connectivity index is 2.09. The van der Waals surface area contributed by atoms with Crippen LogP contribution >= 0.6 is 0 Å². The Bertz CT molecular complexity index is 800. The van der Waals surface area contributed by atoms with Crippen LogP contribution in [0.5, 0.6) is 0 Å². The van der Waals surface area contributed by atoms with E-state index in [0.717, 1.165) is 12.2 Å². The molecule has 0 aromatic heterocycles. The average Bonchev–Trinajstić information content (AvgIpc) is 2.65. The van der Waals surface area contributed by atoms with E-state index in [0.29, 0.717) is 22.8 Å². The van der Waals surface area contributed by atoms with Crippen LogP contribution in [0.2, 0.25) is 0 Å². The molecule has 0 bridgehead atoms. The molecular formula is C18H23N3O3S. The molecule has 0 radical (unpaired) electrons. The molecule has 0 unspecified atom stereocenters. The third-order valence-corrected chi connectivity index (χ3v) is 5.57. The van der Waals surface area contributed by atoms with Gasteiger partial charge in [0.15, 0.2) is 9.84 Å². The molecule has 2 aromatic carbocycles. The first kappa shape index (κ1) is 19.1. The van der Waals surface area contributed by atoms with Crippen molar-refractivity contribution < 1.29 is 13.5 Å². The first-order valence-corrected chi connectivity index (χ1v) is 9.85. The summed E-state index contributed by atoms with van der Waals surface area (Å²) in [5.41, 5.74) is 2.31. The summed E-state index contributed by atoms with van der Waals surface area (Å²) in [6.07, 6.45) is 0. The minimum Gasteiger partial charge on any atom is -0.395 e. The number of rotatable bonds is 8. The molecule has 25 heavy (non-hydrogen) atoms. The third kappa shape index (κ3) is 5.11. The van der Waals surface area contributed by atoms with E-state index in [4.69, 9.17) is 5.11 Å². The summed E-state index contributed by atoms with van der Waals surface area (Å²) in [5.74, 6) is 0.0747. The van der Waals surface area contributed by atoms with Gasteiger partial charge in [0.2, 0.25) is 0 Å². The van der Waals surface area contributed by atoms with E-state index in [2.05, 4.69) is 15.1 Å². The maximum Gasteiger partial charge on any atom is 0.178 e. The number of benzene rings is 2. The van der Waals surface area contributed by atoms with Crippen molar-refractivity contribution >= 4 is 26.9 Å². The highest BCUT2D eigenvalue weighted by Gasteiger charge is 2.10. The zero-order valence-corrected chi connectivity index (χ0v) is 15.3. The number of aliphatic hydroxyl groups excluding tert-OH is 1. The second-order valence-electron chi connectivity index (χ2n) is 5.42. The van der Waals surface area contributed by atoms with Gasteiger partial charge in [-0.15, -0.1) is 0 Å². The molecule has 0 fully saturated rings. The molecule has 0 atom stereocenters. The monoisotopic (exact) mass is 361 g/mol. The van der Waals surface area contributed by atoms with Crippen molar-refractivity contribution in [2.24, 2.45) is 10.2 Å². The molecule has 2 aromatic rings. The lowest BCUT2D eigenvalue weighted by Crippen LogP contribution is -2.25. The lowest BCUT2D eigenvalue weighted by atomic mass is 10.2. The molecule has 0 spiro atoms. The zero-order chi connectivity index (χ0) is 18.3. The lowest BCUT2D eigenvalue weighted by Gasteiger charge is -2.21. The summed E-state index contributed by atoms with van der Waals surface area (Å²) in [4.78, 5) is 2.36. The number of sulfone groups is 1. The fourth-order valence-electron chi connectivity index (χ4n) is 2.32. The summed E-state index contributed by atoms with van der Waals surface area (Å²) < 4.78 is 23.6. The number of aliphatic hydroxyl groups is 1. The van der Waals surface area contributed by atoms with Gasteiger partial charge in [0.1, 0.15) is 0 Å². The van der Waals surface area contributed by atoms with Crippen molar-refractivity contribution in [2.75, 3.05) is 30.3 Å². The Kier molecular flexibility index (Phi) is 6.66. The smallest absolute Gasteiger partial charge is 0.178 e. The molecule has 0 aliphatic heterocycles. The highest BCUT2D eigenvalue weighted by atomic mass is 32.2. The van der Waals surface area contributed by atoms with Crippen LogP contribution in [0.25, 0.3) is 0 Å². The van der Waals surface area contributed by atoms with Crippen LogP contribution in [0.1, 0.15) is 13.8 Å². The molecule has 0 aliphatic rings. The van der Waals surface area contributed by atoms with Crippen molar-refractivity contribution in [2.45, 2.75) is 18.7 Å². The lowest BCUT2D eigenvalue weighted by molar-refractivity contribution is 0.302. The SMILES string of the molecule is CCN(CCO)c1ccc(N=Nc2ccc(S(=O)(=O)CC)cc2)cc1. The van der Waals surface area contributed by atoms with Crippen LogP contribution in [-0.2, 0) is 9.84 Å². The van der Waals surface area contributed by atoms with E-state index < -0.39 is 9.84 Å². The van der Waals surface area contributed by atoms with Crippen LogP contribution in [-0.4, -0.2) is 39.0 Å². The summed E-state index contributed by atoms with van der Waals surface area (Å²) in [6.45, 7) is 5.16. The molecule has 1 N–H and O–H groups in total. The van der Waals surface area contributed by atoms with E-state index >= 15 is 0 Å². The summed E-state index contributed by atoms with van der Waals surface area (Å²) >= 11 is 0. The Morgan fingerprint density at radius 3 is 1.88 bits per heavy atom. The highest BCUT2D eigenvalue weighted by molar-refractivity contribution is 7.91. The first-order chi connectivity index (χ1) is 12.0. The number of anilines is 1. The molecule has 134 valence electrons.